The van der Waals surface area contributed by atoms with E-state index in [1.54, 1.807) is 26.4 Å². The van der Waals surface area contributed by atoms with Crippen molar-refractivity contribution in [3.8, 4) is 11.5 Å². The van der Waals surface area contributed by atoms with E-state index in [9.17, 15) is 4.79 Å². The number of nitrogens with zero attached hydrogens (tertiary/aromatic N) is 3. The third-order valence-corrected chi connectivity index (χ3v) is 5.22. The molecule has 0 spiro atoms. The molecule has 7 heteroatoms. The Morgan fingerprint density at radius 2 is 2.18 bits per heavy atom. The molecule has 2 heterocycles. The van der Waals surface area contributed by atoms with Gasteiger partial charge in [-0.25, -0.2) is 9.78 Å². The van der Waals surface area contributed by atoms with Crippen molar-refractivity contribution in [3.05, 3.63) is 36.4 Å². The van der Waals surface area contributed by atoms with Crippen LogP contribution in [0.25, 0.3) is 0 Å². The Balaban J connectivity index is 1.67. The lowest BCUT2D eigenvalue weighted by Crippen LogP contribution is -2.42. The van der Waals surface area contributed by atoms with Gasteiger partial charge >= 0.3 is 6.03 Å². The number of hydrogen-bond acceptors (Lipinski definition) is 4. The van der Waals surface area contributed by atoms with Crippen molar-refractivity contribution in [1.29, 1.82) is 0 Å². The minimum absolute atomic E-state index is 0.111. The molecule has 0 aliphatic carbocycles. The lowest BCUT2D eigenvalue weighted by Gasteiger charge is -2.32. The Hall–Kier alpha value is -2.70. The lowest BCUT2D eigenvalue weighted by molar-refractivity contribution is 0.190. The summed E-state index contributed by atoms with van der Waals surface area (Å²) in [6.45, 7) is 4.60. The highest BCUT2D eigenvalue weighted by Gasteiger charge is 2.27. The van der Waals surface area contributed by atoms with Crippen molar-refractivity contribution in [2.45, 2.75) is 45.1 Å². The number of imidazole rings is 1. The second-order valence-corrected chi connectivity index (χ2v) is 7.11. The zero-order valence-electron chi connectivity index (χ0n) is 17.0. The molecule has 0 saturated carbocycles. The zero-order chi connectivity index (χ0) is 19.9. The number of benzene rings is 1. The number of aryl methyl sites for hydroxylation is 1. The number of methoxy groups -OCH3 is 2. The third kappa shape index (κ3) is 4.58. The summed E-state index contributed by atoms with van der Waals surface area (Å²) >= 11 is 0. The van der Waals surface area contributed by atoms with Gasteiger partial charge < -0.3 is 24.3 Å². The monoisotopic (exact) mass is 386 g/mol. The normalized spacial score (nSPS) is 16.7. The lowest BCUT2D eigenvalue weighted by atomic mass is 9.97. The van der Waals surface area contributed by atoms with Crippen LogP contribution in [0.1, 0.15) is 44.3 Å². The highest BCUT2D eigenvalue weighted by molar-refractivity contribution is 5.91. The highest BCUT2D eigenvalue weighted by atomic mass is 16.5. The molecule has 1 aliphatic heterocycles. The molecule has 28 heavy (non-hydrogen) atoms. The molecule has 2 aromatic rings. The molecule has 1 atom stereocenters. The molecule has 1 aliphatic rings. The molecule has 3 rings (SSSR count). The van der Waals surface area contributed by atoms with Crippen LogP contribution in [0.3, 0.4) is 0 Å². The number of anilines is 1. The van der Waals surface area contributed by atoms with Gasteiger partial charge in [0.1, 0.15) is 17.3 Å². The Morgan fingerprint density at radius 3 is 2.93 bits per heavy atom. The van der Waals surface area contributed by atoms with Crippen LogP contribution in [0.5, 0.6) is 11.5 Å². The smallest absolute Gasteiger partial charge is 0.321 e. The molecule has 1 saturated heterocycles. The molecule has 0 bridgehead atoms. The third-order valence-electron chi connectivity index (χ3n) is 5.22. The molecular weight excluding hydrogens is 356 g/mol. The van der Waals surface area contributed by atoms with Crippen molar-refractivity contribution in [2.24, 2.45) is 0 Å². The highest BCUT2D eigenvalue weighted by Crippen LogP contribution is 2.30. The van der Waals surface area contributed by atoms with E-state index in [0.29, 0.717) is 23.7 Å². The first-order valence-corrected chi connectivity index (χ1v) is 9.95. The van der Waals surface area contributed by atoms with Gasteiger partial charge in [-0.05, 0) is 31.4 Å². The first-order valence-electron chi connectivity index (χ1n) is 9.95. The number of rotatable bonds is 7. The van der Waals surface area contributed by atoms with Crippen LogP contribution in [-0.2, 0) is 6.54 Å². The van der Waals surface area contributed by atoms with E-state index in [0.717, 1.165) is 44.6 Å². The standard InChI is InChI=1S/C21H30N4O3/c1-4-5-11-24-13-10-22-20(24)16-7-6-12-25(15-16)21(26)23-18-9-8-17(27-2)14-19(18)28-3/h8-10,13-14,16H,4-7,11-12,15H2,1-3H3,(H,23,26)/t16-/m0/s1. The van der Waals surface area contributed by atoms with Crippen molar-refractivity contribution >= 4 is 11.7 Å². The Labute approximate surface area is 166 Å². The molecule has 1 fully saturated rings. The van der Waals surface area contributed by atoms with Crippen LogP contribution in [0, 0.1) is 0 Å². The molecule has 1 N–H and O–H groups in total. The average molecular weight is 386 g/mol. The summed E-state index contributed by atoms with van der Waals surface area (Å²) in [7, 11) is 3.18. The number of likely N-dealkylation sites (tertiary alicyclic amines) is 1. The quantitative estimate of drug-likeness (QED) is 0.777. The van der Waals surface area contributed by atoms with Crippen LogP contribution < -0.4 is 14.8 Å². The van der Waals surface area contributed by atoms with Gasteiger partial charge in [0.05, 0.1) is 19.9 Å². The predicted molar refractivity (Wildman–Crippen MR) is 109 cm³/mol. The molecule has 152 valence electrons. The van der Waals surface area contributed by atoms with Crippen LogP contribution >= 0.6 is 0 Å². The molecular formula is C21H30N4O3. The fourth-order valence-corrected chi connectivity index (χ4v) is 3.67. The number of carbonyl (C=O) groups excluding carboxylic acids is 1. The zero-order valence-corrected chi connectivity index (χ0v) is 17.0. The molecule has 0 radical (unpaired) electrons. The Morgan fingerprint density at radius 1 is 1.32 bits per heavy atom. The van der Waals surface area contributed by atoms with Gasteiger partial charge in [-0.2, -0.15) is 0 Å². The summed E-state index contributed by atoms with van der Waals surface area (Å²) in [6, 6.07) is 5.26. The second kappa shape index (κ2) is 9.48. The second-order valence-electron chi connectivity index (χ2n) is 7.11. The van der Waals surface area contributed by atoms with E-state index in [-0.39, 0.29) is 11.9 Å². The molecule has 1 aromatic heterocycles. The van der Waals surface area contributed by atoms with E-state index in [2.05, 4.69) is 21.8 Å². The molecule has 2 amide bonds. The summed E-state index contributed by atoms with van der Waals surface area (Å²) in [5, 5.41) is 2.98. The summed E-state index contributed by atoms with van der Waals surface area (Å²) in [5.74, 6) is 2.63. The average Bonchev–Trinajstić information content (AvgIpc) is 3.21. The van der Waals surface area contributed by atoms with E-state index < -0.39 is 0 Å². The fraction of sp³-hybridized carbons (Fsp3) is 0.524. The first-order chi connectivity index (χ1) is 13.7. The van der Waals surface area contributed by atoms with Gasteiger partial charge in [-0.1, -0.05) is 13.3 Å². The van der Waals surface area contributed by atoms with Crippen molar-refractivity contribution in [1.82, 2.24) is 14.5 Å². The fourth-order valence-electron chi connectivity index (χ4n) is 3.67. The minimum Gasteiger partial charge on any atom is -0.497 e. The largest absolute Gasteiger partial charge is 0.497 e. The minimum atomic E-state index is -0.111. The Bertz CT molecular complexity index is 790. The number of hydrogen-bond donors (Lipinski definition) is 1. The van der Waals surface area contributed by atoms with Gasteiger partial charge in [0.2, 0.25) is 0 Å². The number of unbranched alkanes of at least 4 members (excludes halogenated alkanes) is 1. The summed E-state index contributed by atoms with van der Waals surface area (Å²) in [5.41, 5.74) is 0.639. The summed E-state index contributed by atoms with van der Waals surface area (Å²) < 4.78 is 12.8. The van der Waals surface area contributed by atoms with Gasteiger partial charge in [-0.3, -0.25) is 0 Å². The number of nitrogens with one attached hydrogen (secondary N) is 1. The van der Waals surface area contributed by atoms with Crippen LogP contribution in [0.2, 0.25) is 0 Å². The van der Waals surface area contributed by atoms with Crippen molar-refractivity contribution < 1.29 is 14.3 Å². The SMILES string of the molecule is CCCCn1ccnc1[C@H]1CCCN(C(=O)Nc2ccc(OC)cc2OC)C1. The summed E-state index contributed by atoms with van der Waals surface area (Å²) in [4.78, 5) is 19.3. The summed E-state index contributed by atoms with van der Waals surface area (Å²) in [6.07, 6.45) is 8.23. The predicted octanol–water partition coefficient (Wildman–Crippen LogP) is 4.11. The maximum Gasteiger partial charge on any atom is 0.321 e. The number of carbonyl (C=O) groups is 1. The van der Waals surface area contributed by atoms with Gasteiger partial charge in [0.15, 0.2) is 0 Å². The van der Waals surface area contributed by atoms with E-state index in [1.807, 2.05) is 23.4 Å². The van der Waals surface area contributed by atoms with E-state index in [4.69, 9.17) is 9.47 Å². The van der Waals surface area contributed by atoms with E-state index >= 15 is 0 Å². The number of piperidine rings is 1. The first kappa shape index (κ1) is 20.0. The van der Waals surface area contributed by atoms with Crippen molar-refractivity contribution in [2.75, 3.05) is 32.6 Å². The molecule has 0 unspecified atom stereocenters. The van der Waals surface area contributed by atoms with Crippen LogP contribution in [0.15, 0.2) is 30.6 Å². The Kier molecular flexibility index (Phi) is 6.79. The van der Waals surface area contributed by atoms with Crippen LogP contribution in [0.4, 0.5) is 10.5 Å². The maximum atomic E-state index is 12.9. The van der Waals surface area contributed by atoms with Gasteiger partial charge in [0, 0.05) is 44.0 Å². The van der Waals surface area contributed by atoms with Gasteiger partial charge in [0.25, 0.3) is 0 Å². The topological polar surface area (TPSA) is 68.6 Å². The molecule has 7 nitrogen and oxygen atoms in total. The number of amides is 2. The van der Waals surface area contributed by atoms with E-state index in [1.165, 1.54) is 0 Å². The maximum absolute atomic E-state index is 12.9. The number of ether oxygens (including phenoxy) is 2. The number of urea groups is 1. The van der Waals surface area contributed by atoms with Gasteiger partial charge in [-0.15, -0.1) is 0 Å². The van der Waals surface area contributed by atoms with Crippen LogP contribution in [-0.4, -0.2) is 47.8 Å². The number of aromatic nitrogens is 2. The van der Waals surface area contributed by atoms with Crippen molar-refractivity contribution in [3.63, 3.8) is 0 Å². The molecule has 1 aromatic carbocycles.